The van der Waals surface area contributed by atoms with Crippen molar-refractivity contribution < 1.29 is 17.9 Å². The summed E-state index contributed by atoms with van der Waals surface area (Å²) in [7, 11) is -2.28. The highest BCUT2D eigenvalue weighted by molar-refractivity contribution is 9.10. The number of ether oxygens (including phenoxy) is 1. The number of carbonyl (C=O) groups excluding carboxylic acids is 1. The molecule has 8 heteroatoms. The van der Waals surface area contributed by atoms with Gasteiger partial charge in [-0.05, 0) is 42.5 Å². The summed E-state index contributed by atoms with van der Waals surface area (Å²) in [5, 5.41) is 7.64. The van der Waals surface area contributed by atoms with Crippen LogP contribution in [0, 0.1) is 0 Å². The number of methoxy groups -OCH3 is 1. The molecular weight excluding hydrogens is 396 g/mol. The van der Waals surface area contributed by atoms with Gasteiger partial charge in [0.25, 0.3) is 0 Å². The molecule has 0 saturated heterocycles. The molecule has 0 aliphatic heterocycles. The summed E-state index contributed by atoms with van der Waals surface area (Å²) in [6.45, 7) is 0. The number of hydrogen-bond donors (Lipinski definition) is 2. The molecule has 2 aromatic carbocycles. The Morgan fingerprint density at radius 2 is 2.00 bits per heavy atom. The van der Waals surface area contributed by atoms with E-state index in [2.05, 4.69) is 21.2 Å². The van der Waals surface area contributed by atoms with Crippen LogP contribution in [-0.4, -0.2) is 21.4 Å². The molecule has 0 atom stereocenters. The molecule has 6 nitrogen and oxygen atoms in total. The molecule has 0 aliphatic rings. The average Bonchev–Trinajstić information content (AvgIpc) is 2.52. The number of anilines is 1. The fraction of sp³-hybridized carbons (Fsp3) is 0.0625. The number of benzene rings is 2. The lowest BCUT2D eigenvalue weighted by molar-refractivity contribution is -0.111. The maximum absolute atomic E-state index is 12.0. The monoisotopic (exact) mass is 410 g/mol. The number of rotatable bonds is 5. The topological polar surface area (TPSA) is 98.5 Å². The lowest BCUT2D eigenvalue weighted by Crippen LogP contribution is -2.13. The highest BCUT2D eigenvalue weighted by atomic mass is 79.9. The molecule has 0 unspecified atom stereocenters. The number of carbonyl (C=O) groups is 1. The molecule has 24 heavy (non-hydrogen) atoms. The van der Waals surface area contributed by atoms with E-state index in [0.29, 0.717) is 11.4 Å². The van der Waals surface area contributed by atoms with Gasteiger partial charge in [0.1, 0.15) is 5.75 Å². The van der Waals surface area contributed by atoms with E-state index in [4.69, 9.17) is 9.88 Å². The molecular formula is C16H15BrN2O4S. The van der Waals surface area contributed by atoms with Crippen LogP contribution in [0.3, 0.4) is 0 Å². The minimum absolute atomic E-state index is 0.0714. The summed E-state index contributed by atoms with van der Waals surface area (Å²) in [6, 6.07) is 11.1. The molecule has 0 heterocycles. The lowest BCUT2D eigenvalue weighted by atomic mass is 10.2. The molecule has 0 aromatic heterocycles. The van der Waals surface area contributed by atoms with Crippen molar-refractivity contribution in [1.82, 2.24) is 0 Å². The van der Waals surface area contributed by atoms with Gasteiger partial charge in [0, 0.05) is 21.8 Å². The molecule has 0 bridgehead atoms. The van der Waals surface area contributed by atoms with E-state index in [-0.39, 0.29) is 4.90 Å². The smallest absolute Gasteiger partial charge is 0.248 e. The summed E-state index contributed by atoms with van der Waals surface area (Å²) < 4.78 is 28.7. The molecule has 0 saturated carbocycles. The Morgan fingerprint density at radius 1 is 1.25 bits per heavy atom. The molecule has 0 aliphatic carbocycles. The van der Waals surface area contributed by atoms with E-state index in [9.17, 15) is 13.2 Å². The van der Waals surface area contributed by atoms with Crippen LogP contribution in [0.15, 0.2) is 57.9 Å². The predicted molar refractivity (Wildman–Crippen MR) is 96.2 cm³/mol. The predicted octanol–water partition coefficient (Wildman–Crippen LogP) is 2.76. The van der Waals surface area contributed by atoms with Crippen LogP contribution in [-0.2, 0) is 14.8 Å². The Bertz CT molecular complexity index is 895. The van der Waals surface area contributed by atoms with E-state index in [1.807, 2.05) is 12.1 Å². The van der Waals surface area contributed by atoms with Crippen LogP contribution in [0.25, 0.3) is 6.08 Å². The van der Waals surface area contributed by atoms with Gasteiger partial charge < -0.3 is 10.1 Å². The summed E-state index contributed by atoms with van der Waals surface area (Å²) in [4.78, 5) is 11.9. The second-order valence-electron chi connectivity index (χ2n) is 4.78. The Morgan fingerprint density at radius 3 is 2.67 bits per heavy atom. The molecule has 0 fully saturated rings. The van der Waals surface area contributed by atoms with Crippen molar-refractivity contribution >= 4 is 43.6 Å². The Balaban J connectivity index is 2.16. The fourth-order valence-corrected chi connectivity index (χ4v) is 2.87. The Hall–Kier alpha value is -2.16. The minimum atomic E-state index is -3.82. The fourth-order valence-electron chi connectivity index (χ4n) is 1.94. The molecule has 3 N–H and O–H groups in total. The molecule has 0 radical (unpaired) electrons. The van der Waals surface area contributed by atoms with Gasteiger partial charge in [-0.25, -0.2) is 13.6 Å². The first-order valence-corrected chi connectivity index (χ1v) is 9.09. The van der Waals surface area contributed by atoms with Crippen molar-refractivity contribution in [3.8, 4) is 5.75 Å². The molecule has 0 spiro atoms. The van der Waals surface area contributed by atoms with Gasteiger partial charge in [-0.1, -0.05) is 22.0 Å². The van der Waals surface area contributed by atoms with Crippen molar-refractivity contribution in [2.24, 2.45) is 5.14 Å². The first-order valence-electron chi connectivity index (χ1n) is 6.75. The van der Waals surface area contributed by atoms with Gasteiger partial charge in [0.05, 0.1) is 12.0 Å². The summed E-state index contributed by atoms with van der Waals surface area (Å²) in [6.07, 6.45) is 2.93. The molecule has 126 valence electrons. The van der Waals surface area contributed by atoms with Gasteiger partial charge in [-0.2, -0.15) is 0 Å². The molecule has 2 rings (SSSR count). The normalized spacial score (nSPS) is 11.5. The van der Waals surface area contributed by atoms with Crippen LogP contribution in [0.4, 0.5) is 5.69 Å². The Labute approximate surface area is 148 Å². The largest absolute Gasteiger partial charge is 0.496 e. The van der Waals surface area contributed by atoms with Gasteiger partial charge in [0.2, 0.25) is 15.9 Å². The van der Waals surface area contributed by atoms with Crippen molar-refractivity contribution in [2.75, 3.05) is 12.4 Å². The zero-order valence-electron chi connectivity index (χ0n) is 12.7. The lowest BCUT2D eigenvalue weighted by Gasteiger charge is -2.06. The minimum Gasteiger partial charge on any atom is -0.496 e. The van der Waals surface area contributed by atoms with Crippen molar-refractivity contribution in [1.29, 1.82) is 0 Å². The number of nitrogens with two attached hydrogens (primary N) is 1. The van der Waals surface area contributed by atoms with E-state index in [1.54, 1.807) is 25.3 Å². The number of amides is 1. The Kier molecular flexibility index (Phi) is 5.76. The molecule has 1 amide bonds. The zero-order valence-corrected chi connectivity index (χ0v) is 15.1. The number of hydrogen-bond acceptors (Lipinski definition) is 4. The quantitative estimate of drug-likeness (QED) is 0.740. The third-order valence-corrected chi connectivity index (χ3v) is 4.44. The van der Waals surface area contributed by atoms with E-state index >= 15 is 0 Å². The summed E-state index contributed by atoms with van der Waals surface area (Å²) >= 11 is 3.35. The van der Waals surface area contributed by atoms with E-state index in [1.165, 1.54) is 24.3 Å². The van der Waals surface area contributed by atoms with Gasteiger partial charge in [0.15, 0.2) is 0 Å². The van der Waals surface area contributed by atoms with Crippen molar-refractivity contribution in [3.63, 3.8) is 0 Å². The third-order valence-electron chi connectivity index (χ3n) is 3.04. The van der Waals surface area contributed by atoms with Crippen molar-refractivity contribution in [2.45, 2.75) is 4.90 Å². The second-order valence-corrected chi connectivity index (χ2v) is 7.26. The van der Waals surface area contributed by atoms with Gasteiger partial charge >= 0.3 is 0 Å². The van der Waals surface area contributed by atoms with Gasteiger partial charge in [-0.3, -0.25) is 4.79 Å². The maximum atomic E-state index is 12.0. The van der Waals surface area contributed by atoms with E-state index in [0.717, 1.165) is 10.0 Å². The van der Waals surface area contributed by atoms with Crippen LogP contribution >= 0.6 is 15.9 Å². The third kappa shape index (κ3) is 4.92. The zero-order chi connectivity index (χ0) is 17.7. The van der Waals surface area contributed by atoms with Crippen LogP contribution < -0.4 is 15.2 Å². The number of halogens is 1. The maximum Gasteiger partial charge on any atom is 0.248 e. The molecule has 2 aromatic rings. The number of nitrogens with one attached hydrogen (secondary N) is 1. The van der Waals surface area contributed by atoms with Crippen molar-refractivity contribution in [3.05, 3.63) is 58.6 Å². The summed E-state index contributed by atoms with van der Waals surface area (Å²) in [5.41, 5.74) is 1.05. The first-order chi connectivity index (χ1) is 11.3. The van der Waals surface area contributed by atoms with Gasteiger partial charge in [-0.15, -0.1) is 0 Å². The van der Waals surface area contributed by atoms with Crippen LogP contribution in [0.5, 0.6) is 5.75 Å². The summed E-state index contributed by atoms with van der Waals surface area (Å²) in [5.74, 6) is 0.210. The first kappa shape index (κ1) is 18.2. The highest BCUT2D eigenvalue weighted by Gasteiger charge is 2.08. The SMILES string of the molecule is COc1ccc(Br)cc1C=CC(=O)Nc1cccc(S(N)(=O)=O)c1. The van der Waals surface area contributed by atoms with E-state index < -0.39 is 15.9 Å². The average molecular weight is 411 g/mol. The second kappa shape index (κ2) is 7.61. The highest BCUT2D eigenvalue weighted by Crippen LogP contribution is 2.24. The van der Waals surface area contributed by atoms with Crippen LogP contribution in [0.1, 0.15) is 5.56 Å². The standard InChI is InChI=1S/C16H15BrN2O4S/c1-23-15-7-6-12(17)9-11(15)5-8-16(20)19-13-3-2-4-14(10-13)24(18,21)22/h2-10H,1H3,(H,19,20)(H2,18,21,22). The number of sulfonamides is 1. The number of primary sulfonamides is 1. The van der Waals surface area contributed by atoms with Crippen LogP contribution in [0.2, 0.25) is 0 Å².